The van der Waals surface area contributed by atoms with Gasteiger partial charge >= 0.3 is 5.97 Å². The molecule has 1 aromatic heterocycles. The van der Waals surface area contributed by atoms with E-state index in [1.165, 1.54) is 12.5 Å². The van der Waals surface area contributed by atoms with Crippen molar-refractivity contribution in [3.05, 3.63) is 23.2 Å². The van der Waals surface area contributed by atoms with Gasteiger partial charge in [0.25, 0.3) is 0 Å². The molecule has 0 fully saturated rings. The Kier molecular flexibility index (Phi) is 4.03. The molecule has 0 radical (unpaired) electrons. The van der Waals surface area contributed by atoms with Crippen LogP contribution < -0.4 is 0 Å². The molecule has 1 aromatic rings. The fourth-order valence-corrected chi connectivity index (χ4v) is 1.62. The van der Waals surface area contributed by atoms with Gasteiger partial charge in [0.1, 0.15) is 12.2 Å². The van der Waals surface area contributed by atoms with Gasteiger partial charge in [-0.3, -0.25) is 4.79 Å². The highest BCUT2D eigenvalue weighted by Gasteiger charge is 2.24. The van der Waals surface area contributed by atoms with Crippen LogP contribution in [-0.4, -0.2) is 21.0 Å². The van der Waals surface area contributed by atoms with Crippen molar-refractivity contribution in [1.29, 1.82) is 0 Å². The quantitative estimate of drug-likeness (QED) is 0.859. The van der Waals surface area contributed by atoms with Crippen LogP contribution in [0.4, 0.5) is 0 Å². The molecule has 0 spiro atoms. The van der Waals surface area contributed by atoms with Gasteiger partial charge in [0.2, 0.25) is 0 Å². The van der Waals surface area contributed by atoms with Crippen LogP contribution in [0.5, 0.6) is 0 Å². The zero-order chi connectivity index (χ0) is 11.4. The van der Waals surface area contributed by atoms with Crippen LogP contribution in [0.1, 0.15) is 31.9 Å². The first-order valence-corrected chi connectivity index (χ1v) is 5.08. The Labute approximate surface area is 93.3 Å². The molecule has 1 heterocycles. The number of carboxylic acid groups (broad SMARTS) is 1. The largest absolute Gasteiger partial charge is 0.481 e. The average Bonchev–Trinajstić information content (AvgIpc) is 2.15. The predicted molar refractivity (Wildman–Crippen MR) is 56.9 cm³/mol. The van der Waals surface area contributed by atoms with Crippen LogP contribution in [0.2, 0.25) is 5.02 Å². The Bertz CT molecular complexity index is 355. The van der Waals surface area contributed by atoms with Crippen molar-refractivity contribution in [3.8, 4) is 0 Å². The molecule has 0 bridgehead atoms. The van der Waals surface area contributed by atoms with E-state index in [4.69, 9.17) is 16.7 Å². The minimum atomic E-state index is -0.899. The van der Waals surface area contributed by atoms with E-state index in [0.29, 0.717) is 17.1 Å². The Hall–Kier alpha value is -1.16. The summed E-state index contributed by atoms with van der Waals surface area (Å²) in [4.78, 5) is 18.7. The van der Waals surface area contributed by atoms with Crippen molar-refractivity contribution in [2.45, 2.75) is 26.2 Å². The molecule has 0 saturated carbocycles. The van der Waals surface area contributed by atoms with E-state index in [0.717, 1.165) is 0 Å². The van der Waals surface area contributed by atoms with Crippen LogP contribution in [0.25, 0.3) is 0 Å². The molecule has 1 rings (SSSR count). The predicted octanol–water partition coefficient (Wildman–Crippen LogP) is 2.34. The van der Waals surface area contributed by atoms with Gasteiger partial charge in [0.15, 0.2) is 0 Å². The van der Waals surface area contributed by atoms with E-state index < -0.39 is 11.9 Å². The number of halogens is 1. The molecule has 0 amide bonds. The summed E-state index contributed by atoms with van der Waals surface area (Å²) >= 11 is 5.86. The third-order valence-corrected chi connectivity index (χ3v) is 2.32. The molecule has 0 aliphatic heterocycles. The maximum absolute atomic E-state index is 11.1. The molecule has 15 heavy (non-hydrogen) atoms. The second-order valence-corrected chi connectivity index (χ2v) is 4.18. The van der Waals surface area contributed by atoms with Gasteiger partial charge in [-0.25, -0.2) is 9.97 Å². The normalized spacial score (nSPS) is 12.8. The van der Waals surface area contributed by atoms with Gasteiger partial charge in [0, 0.05) is 6.20 Å². The molecule has 0 aromatic carbocycles. The van der Waals surface area contributed by atoms with Crippen LogP contribution in [-0.2, 0) is 4.79 Å². The molecule has 1 unspecified atom stereocenters. The van der Waals surface area contributed by atoms with Crippen molar-refractivity contribution in [1.82, 2.24) is 9.97 Å². The molecule has 0 aliphatic rings. The lowest BCUT2D eigenvalue weighted by atomic mass is 9.94. The smallest absolute Gasteiger partial charge is 0.312 e. The van der Waals surface area contributed by atoms with Gasteiger partial charge in [-0.15, -0.1) is 0 Å². The maximum atomic E-state index is 11.1. The number of aromatic nitrogens is 2. The highest BCUT2D eigenvalue weighted by atomic mass is 35.5. The second-order valence-electron chi connectivity index (χ2n) is 3.78. The summed E-state index contributed by atoms with van der Waals surface area (Å²) < 4.78 is 0. The summed E-state index contributed by atoms with van der Waals surface area (Å²) in [7, 11) is 0. The summed E-state index contributed by atoms with van der Waals surface area (Å²) in [5.74, 6) is -1.28. The van der Waals surface area contributed by atoms with E-state index >= 15 is 0 Å². The van der Waals surface area contributed by atoms with Crippen LogP contribution >= 0.6 is 11.6 Å². The molecule has 1 atom stereocenters. The highest BCUT2D eigenvalue weighted by Crippen LogP contribution is 2.27. The van der Waals surface area contributed by atoms with Crippen molar-refractivity contribution in [3.63, 3.8) is 0 Å². The number of rotatable bonds is 4. The van der Waals surface area contributed by atoms with E-state index in [9.17, 15) is 4.79 Å². The fraction of sp³-hybridized carbons (Fsp3) is 0.500. The van der Waals surface area contributed by atoms with Gasteiger partial charge in [-0.1, -0.05) is 25.4 Å². The van der Waals surface area contributed by atoms with Gasteiger partial charge < -0.3 is 5.11 Å². The first-order valence-electron chi connectivity index (χ1n) is 4.70. The summed E-state index contributed by atoms with van der Waals surface area (Å²) in [5, 5.41) is 9.39. The lowest BCUT2D eigenvalue weighted by Crippen LogP contribution is -2.16. The average molecular weight is 229 g/mol. The zero-order valence-corrected chi connectivity index (χ0v) is 9.40. The first kappa shape index (κ1) is 11.9. The molecular formula is C10H13ClN2O2. The van der Waals surface area contributed by atoms with Crippen molar-refractivity contribution in [2.24, 2.45) is 5.92 Å². The summed E-state index contributed by atoms with van der Waals surface area (Å²) in [6.45, 7) is 3.93. The monoisotopic (exact) mass is 228 g/mol. The van der Waals surface area contributed by atoms with Crippen LogP contribution in [0.15, 0.2) is 12.5 Å². The topological polar surface area (TPSA) is 63.1 Å². The van der Waals surface area contributed by atoms with Gasteiger partial charge in [-0.05, 0) is 12.3 Å². The minimum Gasteiger partial charge on any atom is -0.481 e. The van der Waals surface area contributed by atoms with Gasteiger partial charge in [0.05, 0.1) is 10.7 Å². The number of carboxylic acids is 1. The van der Waals surface area contributed by atoms with E-state index in [2.05, 4.69) is 9.97 Å². The number of aliphatic carboxylic acids is 1. The second kappa shape index (κ2) is 5.07. The first-order chi connectivity index (χ1) is 7.02. The molecule has 5 heteroatoms. The fourth-order valence-electron chi connectivity index (χ4n) is 1.38. The third-order valence-electron chi connectivity index (χ3n) is 2.03. The summed E-state index contributed by atoms with van der Waals surface area (Å²) in [5.41, 5.74) is 0.396. The molecule has 0 aliphatic carbocycles. The standard InChI is InChI=1S/C10H13ClN2O2/c1-6(2)3-7(10(14)15)9-8(11)4-12-5-13-9/h4-7H,3H2,1-2H3,(H,14,15). The van der Waals surface area contributed by atoms with Crippen molar-refractivity contribution < 1.29 is 9.90 Å². The minimum absolute atomic E-state index is 0.275. The lowest BCUT2D eigenvalue weighted by Gasteiger charge is -2.14. The van der Waals surface area contributed by atoms with Crippen molar-refractivity contribution in [2.75, 3.05) is 0 Å². The molecule has 82 valence electrons. The molecule has 0 saturated heterocycles. The Balaban J connectivity index is 2.99. The van der Waals surface area contributed by atoms with E-state index in [1.807, 2.05) is 13.8 Å². The SMILES string of the molecule is CC(C)CC(C(=O)O)c1ncncc1Cl. The summed E-state index contributed by atoms with van der Waals surface area (Å²) in [6.07, 6.45) is 3.25. The van der Waals surface area contributed by atoms with Gasteiger partial charge in [-0.2, -0.15) is 0 Å². The van der Waals surface area contributed by atoms with Crippen LogP contribution in [0, 0.1) is 5.92 Å². The van der Waals surface area contributed by atoms with E-state index in [1.54, 1.807) is 0 Å². The number of hydrogen-bond acceptors (Lipinski definition) is 3. The molecule has 4 nitrogen and oxygen atoms in total. The number of carbonyl (C=O) groups is 1. The highest BCUT2D eigenvalue weighted by molar-refractivity contribution is 6.31. The Morgan fingerprint density at radius 1 is 1.60 bits per heavy atom. The summed E-state index contributed by atoms with van der Waals surface area (Å²) in [6, 6.07) is 0. The zero-order valence-electron chi connectivity index (χ0n) is 8.64. The molecule has 1 N–H and O–H groups in total. The van der Waals surface area contributed by atoms with Crippen molar-refractivity contribution >= 4 is 17.6 Å². The Morgan fingerprint density at radius 3 is 2.73 bits per heavy atom. The maximum Gasteiger partial charge on any atom is 0.312 e. The lowest BCUT2D eigenvalue weighted by molar-refractivity contribution is -0.139. The Morgan fingerprint density at radius 2 is 2.27 bits per heavy atom. The third kappa shape index (κ3) is 3.16. The molecular weight excluding hydrogens is 216 g/mol. The number of nitrogens with zero attached hydrogens (tertiary/aromatic N) is 2. The van der Waals surface area contributed by atoms with Crippen LogP contribution in [0.3, 0.4) is 0 Å². The number of hydrogen-bond donors (Lipinski definition) is 1. The van der Waals surface area contributed by atoms with E-state index in [-0.39, 0.29) is 5.92 Å².